The lowest BCUT2D eigenvalue weighted by Crippen LogP contribution is -2.54. The molecule has 0 aromatic heterocycles. The van der Waals surface area contributed by atoms with Gasteiger partial charge in [-0.1, -0.05) is 117 Å². The average molecular weight is 1370 g/mol. The standard InChI is InChI=1S/C74H115N9O15/c1-15-49(8)68(81(12)72(92)58(46(2)3)42-61(86)67(48(6)7)80(10)11)62(96-13)43-65(89)83-37-21-25-59(83)69(97-14)50(9)70(90)78-56(40-51-22-17-16-18-23-51)32-33-57(84)45-98-44-52-28-30-55(31-29-52)77-71(91)54(24-20-36-76-74(75)95)41-60(85)66(47(4)5)79-63(87)26-19-27-64(88)82-38-34-53(35-39-82)73(93)94/h16-18,22-23,28-33,46-50,53-54,56,58-59,62,66-69H,15,19-21,24-27,34-45H2,1-14H3,(H,77,91)(H,78,90)(H,79,87)(H,93,94)(H3,75,76,95)/b33-32+/t49-,50+,54-,56+,58-,59-,62+,66+,67-,68-,69+/m0/s1. The largest absolute Gasteiger partial charge is 0.481 e. The number of aliphatic carboxylic acids is 1. The molecule has 0 unspecified atom stereocenters. The van der Waals surface area contributed by atoms with Crippen LogP contribution in [0.15, 0.2) is 66.7 Å². The highest BCUT2D eigenvalue weighted by atomic mass is 16.5. The van der Waals surface area contributed by atoms with E-state index < -0.39 is 83.9 Å². The summed E-state index contributed by atoms with van der Waals surface area (Å²) in [5.74, 6) is -6.38. The Labute approximate surface area is 581 Å². The van der Waals surface area contributed by atoms with Crippen molar-refractivity contribution in [3.8, 4) is 0 Å². The molecule has 0 spiro atoms. The quantitative estimate of drug-likeness (QED) is 0.0278. The summed E-state index contributed by atoms with van der Waals surface area (Å²) in [4.78, 5) is 154. The van der Waals surface area contributed by atoms with Crippen molar-refractivity contribution < 1.29 is 72.1 Å². The molecule has 2 heterocycles. The minimum Gasteiger partial charge on any atom is -0.481 e. The van der Waals surface area contributed by atoms with Gasteiger partial charge in [0.25, 0.3) is 0 Å². The molecule has 0 bridgehead atoms. The van der Waals surface area contributed by atoms with Gasteiger partial charge in [-0.3, -0.25) is 52.8 Å². The fourth-order valence-corrected chi connectivity index (χ4v) is 13.6. The van der Waals surface area contributed by atoms with Gasteiger partial charge in [0.15, 0.2) is 17.3 Å². The number of carbonyl (C=O) groups excluding carboxylic acids is 10. The number of amides is 8. The second kappa shape index (κ2) is 41.9. The summed E-state index contributed by atoms with van der Waals surface area (Å²) in [5.41, 5.74) is 7.30. The molecule has 546 valence electrons. The first-order valence-electron chi connectivity index (χ1n) is 35.1. The molecule has 11 atom stereocenters. The Morgan fingerprint density at radius 3 is 1.96 bits per heavy atom. The number of nitrogens with one attached hydrogen (secondary N) is 4. The lowest BCUT2D eigenvalue weighted by molar-refractivity contribution is -0.149. The van der Waals surface area contributed by atoms with Crippen LogP contribution in [-0.2, 0) is 75.2 Å². The number of carbonyl (C=O) groups is 11. The summed E-state index contributed by atoms with van der Waals surface area (Å²) < 4.78 is 18.1. The van der Waals surface area contributed by atoms with Crippen LogP contribution in [0.2, 0.25) is 0 Å². The van der Waals surface area contributed by atoms with Gasteiger partial charge in [-0.15, -0.1) is 0 Å². The zero-order valence-corrected chi connectivity index (χ0v) is 60.7. The van der Waals surface area contributed by atoms with Crippen molar-refractivity contribution in [1.82, 2.24) is 35.6 Å². The van der Waals surface area contributed by atoms with E-state index in [1.54, 1.807) is 80.0 Å². The summed E-state index contributed by atoms with van der Waals surface area (Å²) in [6.07, 6.45) is 5.46. The van der Waals surface area contributed by atoms with E-state index in [2.05, 4.69) is 21.3 Å². The third kappa shape index (κ3) is 26.4. The van der Waals surface area contributed by atoms with E-state index in [1.807, 2.05) is 90.9 Å². The molecule has 7 N–H and O–H groups in total. The first-order valence-corrected chi connectivity index (χ1v) is 35.1. The maximum absolute atomic E-state index is 14.6. The van der Waals surface area contributed by atoms with Gasteiger partial charge in [-0.2, -0.15) is 0 Å². The number of hydrogen-bond acceptors (Lipinski definition) is 15. The Balaban J connectivity index is 1.37. The number of ketones is 3. The topological polar surface area (TPSA) is 323 Å². The summed E-state index contributed by atoms with van der Waals surface area (Å²) in [5, 5.41) is 20.6. The number of hydrogen-bond donors (Lipinski definition) is 6. The lowest BCUT2D eigenvalue weighted by atomic mass is 9.83. The van der Waals surface area contributed by atoms with Crippen molar-refractivity contribution in [2.45, 2.75) is 201 Å². The monoisotopic (exact) mass is 1370 g/mol. The molecule has 8 amide bonds. The fraction of sp³-hybridized carbons (Fsp3) is 0.662. The third-order valence-corrected chi connectivity index (χ3v) is 19.4. The number of carboxylic acids is 1. The van der Waals surface area contributed by atoms with Crippen molar-refractivity contribution in [2.75, 3.05) is 73.5 Å². The molecule has 2 aliphatic rings. The van der Waals surface area contributed by atoms with Gasteiger partial charge in [0, 0.05) is 90.7 Å². The highest BCUT2D eigenvalue weighted by Gasteiger charge is 2.44. The number of likely N-dealkylation sites (tertiary alicyclic amines) is 2. The van der Waals surface area contributed by atoms with E-state index >= 15 is 0 Å². The Bertz CT molecular complexity index is 2940. The highest BCUT2D eigenvalue weighted by molar-refractivity contribution is 5.98. The van der Waals surface area contributed by atoms with Gasteiger partial charge in [0.1, 0.15) is 6.61 Å². The minimum atomic E-state index is -0.919. The molecule has 2 aliphatic heterocycles. The van der Waals surface area contributed by atoms with Crippen molar-refractivity contribution in [2.24, 2.45) is 53.1 Å². The maximum atomic E-state index is 14.6. The molecule has 4 rings (SSSR count). The number of likely N-dealkylation sites (N-methyl/N-ethyl adjacent to an activating group) is 2. The van der Waals surface area contributed by atoms with Gasteiger partial charge in [-0.25, -0.2) is 4.79 Å². The minimum absolute atomic E-state index is 0.0124. The van der Waals surface area contributed by atoms with Gasteiger partial charge in [0.2, 0.25) is 35.4 Å². The molecule has 98 heavy (non-hydrogen) atoms. The number of primary amides is 1. The Hall–Kier alpha value is -7.41. The number of benzene rings is 2. The van der Waals surface area contributed by atoms with Crippen molar-refractivity contribution in [3.05, 3.63) is 77.9 Å². The van der Waals surface area contributed by atoms with Crippen molar-refractivity contribution in [3.63, 3.8) is 0 Å². The summed E-state index contributed by atoms with van der Waals surface area (Å²) in [6, 6.07) is 12.8. The smallest absolute Gasteiger partial charge is 0.312 e. The number of anilines is 1. The van der Waals surface area contributed by atoms with E-state index in [1.165, 1.54) is 13.2 Å². The second-order valence-corrected chi connectivity index (χ2v) is 28.0. The van der Waals surface area contributed by atoms with E-state index in [9.17, 15) is 57.8 Å². The Kier molecular flexibility index (Phi) is 35.5. The predicted molar refractivity (Wildman–Crippen MR) is 375 cm³/mol. The molecule has 0 saturated carbocycles. The molecule has 2 saturated heterocycles. The van der Waals surface area contributed by atoms with Crippen molar-refractivity contribution >= 4 is 70.5 Å². The normalized spacial score (nSPS) is 17.5. The van der Waals surface area contributed by atoms with Crippen LogP contribution in [0.1, 0.15) is 157 Å². The number of Topliss-reactive ketones (excluding diaryl/α,β-unsaturated/α-hetero) is 2. The zero-order chi connectivity index (χ0) is 72.9. The maximum Gasteiger partial charge on any atom is 0.312 e. The van der Waals surface area contributed by atoms with Gasteiger partial charge in [0.05, 0.1) is 67.3 Å². The molecular weight excluding hydrogens is 1250 g/mol. The van der Waals surface area contributed by atoms with Gasteiger partial charge >= 0.3 is 12.0 Å². The number of piperidine rings is 1. The number of nitrogens with zero attached hydrogens (tertiary/aromatic N) is 4. The average Bonchev–Trinajstić information content (AvgIpc) is 1.47. The van der Waals surface area contributed by atoms with E-state index in [0.717, 1.165) is 5.56 Å². The Morgan fingerprint density at radius 1 is 0.724 bits per heavy atom. The van der Waals surface area contributed by atoms with Crippen molar-refractivity contribution in [1.29, 1.82) is 0 Å². The summed E-state index contributed by atoms with van der Waals surface area (Å²) >= 11 is 0. The van der Waals surface area contributed by atoms with Crippen LogP contribution in [0, 0.1) is 47.3 Å². The number of urea groups is 1. The van der Waals surface area contributed by atoms with Crippen LogP contribution >= 0.6 is 0 Å². The SMILES string of the molecule is CC[C@H](C)[C@@H]([C@@H](CC(=O)N1CCC[C@H]1[C@H](OC)[C@@H](C)C(=O)N[C@H](/C=C/C(=O)COCc1ccc(NC(=O)[C@@H](CCCNC(N)=O)CC(=O)[C@H](NC(=O)CCCC(=O)N2CCC(C(=O)O)CC2)C(C)C)cc1)Cc1ccccc1)OC)N(C)C(=O)[C@@H](CC(=O)[C@H](C(C)C)N(C)C)C(C)C. The zero-order valence-electron chi connectivity index (χ0n) is 60.7. The molecule has 2 aromatic carbocycles. The van der Waals surface area contributed by atoms with Gasteiger partial charge in [-0.05, 0) is 118 Å². The number of rotatable bonds is 43. The van der Waals surface area contributed by atoms with Crippen LogP contribution in [0.4, 0.5) is 10.5 Å². The molecule has 0 radical (unpaired) electrons. The van der Waals surface area contributed by atoms with Crippen LogP contribution < -0.4 is 27.0 Å². The van der Waals surface area contributed by atoms with E-state index in [-0.39, 0.29) is 135 Å². The highest BCUT2D eigenvalue weighted by Crippen LogP contribution is 2.32. The first-order chi connectivity index (χ1) is 46.4. The third-order valence-electron chi connectivity index (χ3n) is 19.4. The molecule has 24 heteroatoms. The molecular formula is C74H115N9O15. The van der Waals surface area contributed by atoms with Crippen LogP contribution in [0.3, 0.4) is 0 Å². The fourth-order valence-electron chi connectivity index (χ4n) is 13.6. The predicted octanol–water partition coefficient (Wildman–Crippen LogP) is 7.39. The van der Waals surface area contributed by atoms with Crippen LogP contribution in [-0.4, -0.2) is 200 Å². The summed E-state index contributed by atoms with van der Waals surface area (Å²) in [7, 11) is 8.59. The number of carboxylic acid groups (broad SMARTS) is 1. The number of nitrogens with two attached hydrogens (primary N) is 1. The second-order valence-electron chi connectivity index (χ2n) is 28.0. The van der Waals surface area contributed by atoms with E-state index in [0.29, 0.717) is 75.8 Å². The summed E-state index contributed by atoms with van der Waals surface area (Å²) in [6.45, 7) is 18.4. The Morgan fingerprint density at radius 2 is 1.39 bits per heavy atom. The van der Waals surface area contributed by atoms with Crippen LogP contribution in [0.5, 0.6) is 0 Å². The number of methoxy groups -OCH3 is 2. The molecule has 2 fully saturated rings. The molecule has 24 nitrogen and oxygen atoms in total. The van der Waals surface area contributed by atoms with E-state index in [4.69, 9.17) is 19.9 Å². The molecule has 0 aliphatic carbocycles. The van der Waals surface area contributed by atoms with Gasteiger partial charge < -0.3 is 61.0 Å². The van der Waals surface area contributed by atoms with Crippen LogP contribution in [0.25, 0.3) is 0 Å². The first kappa shape index (κ1) is 83.0. The molecule has 2 aromatic rings. The lowest BCUT2D eigenvalue weighted by Gasteiger charge is -2.41. The number of ether oxygens (including phenoxy) is 3.